The lowest BCUT2D eigenvalue weighted by Crippen LogP contribution is -2.57. The number of urea groups is 1. The number of hydrogen-bond donors (Lipinski definition) is 2. The van der Waals surface area contributed by atoms with Crippen molar-refractivity contribution in [3.05, 3.63) is 11.4 Å². The number of aromatic nitrogens is 3. The lowest BCUT2D eigenvalue weighted by atomic mass is 9.91. The fourth-order valence-electron chi connectivity index (χ4n) is 4.39. The highest BCUT2D eigenvalue weighted by Gasteiger charge is 2.42. The van der Waals surface area contributed by atoms with E-state index in [1.165, 1.54) is 0 Å². The number of amides is 3. The van der Waals surface area contributed by atoms with Gasteiger partial charge in [0.15, 0.2) is 0 Å². The van der Waals surface area contributed by atoms with Crippen molar-refractivity contribution in [2.24, 2.45) is 5.92 Å². The molecule has 4 rings (SSSR count). The van der Waals surface area contributed by atoms with Gasteiger partial charge in [0.25, 0.3) is 0 Å². The summed E-state index contributed by atoms with van der Waals surface area (Å²) in [5.74, 6) is 0.0604. The van der Waals surface area contributed by atoms with Gasteiger partial charge in [0.05, 0.1) is 31.9 Å². The van der Waals surface area contributed by atoms with Crippen LogP contribution in [-0.2, 0) is 34.0 Å². The van der Waals surface area contributed by atoms with Crippen LogP contribution < -0.4 is 10.6 Å². The van der Waals surface area contributed by atoms with E-state index in [4.69, 9.17) is 9.47 Å². The number of nitrogens with zero attached hydrogens (tertiary/aromatic N) is 4. The normalized spacial score (nSPS) is 24.9. The molecular weight excluding hydrogens is 376 g/mol. The molecule has 0 aromatic carbocycles. The largest absolute Gasteiger partial charge is 0.381 e. The number of hydrogen-bond acceptors (Lipinski definition) is 6. The molecule has 10 heteroatoms. The molecule has 1 aromatic heterocycles. The summed E-state index contributed by atoms with van der Waals surface area (Å²) < 4.78 is 13.5. The first-order valence-corrected chi connectivity index (χ1v) is 10.5. The van der Waals surface area contributed by atoms with Crippen molar-refractivity contribution in [2.75, 3.05) is 32.8 Å². The summed E-state index contributed by atoms with van der Waals surface area (Å²) in [6.45, 7) is 6.41. The zero-order valence-electron chi connectivity index (χ0n) is 17.0. The Balaban J connectivity index is 1.37. The van der Waals surface area contributed by atoms with Crippen LogP contribution in [-0.4, -0.2) is 70.3 Å². The molecule has 1 atom stereocenters. The Morgan fingerprint density at radius 2 is 2.07 bits per heavy atom. The zero-order valence-corrected chi connectivity index (χ0v) is 17.0. The molecule has 160 valence electrons. The van der Waals surface area contributed by atoms with Crippen molar-refractivity contribution in [2.45, 2.75) is 57.9 Å². The lowest BCUT2D eigenvalue weighted by molar-refractivity contribution is -0.128. The first-order chi connectivity index (χ1) is 14.1. The van der Waals surface area contributed by atoms with Crippen LogP contribution in [0.5, 0.6) is 0 Å². The van der Waals surface area contributed by atoms with E-state index in [0.29, 0.717) is 46.0 Å². The van der Waals surface area contributed by atoms with Crippen LogP contribution in [0.1, 0.15) is 44.0 Å². The SMILES string of the molecule is CCNC(=O)N1CCCC2(C1)Cn1nnc(CNC(=O)C3CCOCC3)c1CO2. The van der Waals surface area contributed by atoms with Gasteiger partial charge in [-0.15, -0.1) is 5.10 Å². The van der Waals surface area contributed by atoms with Crippen molar-refractivity contribution in [3.8, 4) is 0 Å². The smallest absolute Gasteiger partial charge is 0.317 e. The maximum Gasteiger partial charge on any atom is 0.317 e. The first-order valence-electron chi connectivity index (χ1n) is 10.5. The van der Waals surface area contributed by atoms with Crippen LogP contribution >= 0.6 is 0 Å². The molecule has 3 amide bonds. The van der Waals surface area contributed by atoms with E-state index in [-0.39, 0.29) is 17.9 Å². The minimum atomic E-state index is -0.424. The number of likely N-dealkylation sites (tertiary alicyclic amines) is 1. The van der Waals surface area contributed by atoms with Crippen molar-refractivity contribution < 1.29 is 19.1 Å². The van der Waals surface area contributed by atoms with Crippen LogP contribution in [0.25, 0.3) is 0 Å². The van der Waals surface area contributed by atoms with Crippen LogP contribution in [0.15, 0.2) is 0 Å². The minimum absolute atomic E-state index is 0.0113. The molecule has 29 heavy (non-hydrogen) atoms. The molecular formula is C19H30N6O4. The van der Waals surface area contributed by atoms with Gasteiger partial charge in [-0.1, -0.05) is 5.21 Å². The van der Waals surface area contributed by atoms with Gasteiger partial charge in [0.2, 0.25) is 5.91 Å². The molecule has 2 fully saturated rings. The summed E-state index contributed by atoms with van der Waals surface area (Å²) in [7, 11) is 0. The van der Waals surface area contributed by atoms with Gasteiger partial charge in [0, 0.05) is 32.2 Å². The van der Waals surface area contributed by atoms with Crippen molar-refractivity contribution >= 4 is 11.9 Å². The van der Waals surface area contributed by atoms with E-state index in [0.717, 1.165) is 43.6 Å². The average Bonchev–Trinajstić information content (AvgIpc) is 3.14. The van der Waals surface area contributed by atoms with Gasteiger partial charge < -0.3 is 25.0 Å². The van der Waals surface area contributed by atoms with Crippen LogP contribution in [0.4, 0.5) is 4.79 Å². The number of carbonyl (C=O) groups is 2. The number of nitrogens with one attached hydrogen (secondary N) is 2. The molecule has 1 aromatic rings. The summed E-state index contributed by atoms with van der Waals surface area (Å²) in [5.41, 5.74) is 1.22. The highest BCUT2D eigenvalue weighted by atomic mass is 16.5. The Kier molecular flexibility index (Phi) is 6.00. The summed E-state index contributed by atoms with van der Waals surface area (Å²) in [5, 5.41) is 14.4. The zero-order chi connectivity index (χ0) is 20.3. The van der Waals surface area contributed by atoms with Crippen molar-refractivity contribution in [3.63, 3.8) is 0 Å². The topological polar surface area (TPSA) is 111 Å². The van der Waals surface area contributed by atoms with Crippen LogP contribution in [0, 0.1) is 5.92 Å². The van der Waals surface area contributed by atoms with Crippen molar-refractivity contribution in [1.82, 2.24) is 30.5 Å². The van der Waals surface area contributed by atoms with Gasteiger partial charge in [-0.2, -0.15) is 0 Å². The monoisotopic (exact) mass is 406 g/mol. The number of rotatable bonds is 4. The van der Waals surface area contributed by atoms with E-state index in [1.54, 1.807) is 0 Å². The van der Waals surface area contributed by atoms with E-state index < -0.39 is 5.60 Å². The summed E-state index contributed by atoms with van der Waals surface area (Å²) in [4.78, 5) is 26.4. The van der Waals surface area contributed by atoms with Gasteiger partial charge in [-0.25, -0.2) is 9.48 Å². The number of fused-ring (bicyclic) bond motifs is 1. The molecule has 4 heterocycles. The van der Waals surface area contributed by atoms with Crippen LogP contribution in [0.3, 0.4) is 0 Å². The fraction of sp³-hybridized carbons (Fsp3) is 0.789. The van der Waals surface area contributed by atoms with E-state index in [9.17, 15) is 9.59 Å². The highest BCUT2D eigenvalue weighted by Crippen LogP contribution is 2.32. The third kappa shape index (κ3) is 4.37. The molecule has 3 aliphatic heterocycles. The molecule has 10 nitrogen and oxygen atoms in total. The maximum absolute atomic E-state index is 12.4. The minimum Gasteiger partial charge on any atom is -0.381 e. The van der Waals surface area contributed by atoms with Gasteiger partial charge in [-0.05, 0) is 32.6 Å². The third-order valence-electron chi connectivity index (χ3n) is 6.05. The van der Waals surface area contributed by atoms with E-state index in [1.807, 2.05) is 16.5 Å². The summed E-state index contributed by atoms with van der Waals surface area (Å²) in [6, 6.07) is -0.0453. The molecule has 1 unspecified atom stereocenters. The van der Waals surface area contributed by atoms with E-state index >= 15 is 0 Å². The third-order valence-corrected chi connectivity index (χ3v) is 6.05. The Bertz CT molecular complexity index is 747. The van der Waals surface area contributed by atoms with Crippen molar-refractivity contribution in [1.29, 1.82) is 0 Å². The second-order valence-electron chi connectivity index (χ2n) is 8.08. The molecule has 3 aliphatic rings. The standard InChI is InChI=1S/C19H30N6O4/c1-2-20-18(27)24-7-3-6-19(12-24)13-25-16(11-29-19)15(22-23-25)10-21-17(26)14-4-8-28-9-5-14/h14H,2-13H2,1H3,(H,20,27)(H,21,26). The maximum atomic E-state index is 12.4. The summed E-state index contributed by atoms with van der Waals surface area (Å²) in [6.07, 6.45) is 3.31. The molecule has 2 N–H and O–H groups in total. The fourth-order valence-corrected chi connectivity index (χ4v) is 4.39. The van der Waals surface area contributed by atoms with Gasteiger partial charge in [-0.3, -0.25) is 4.79 Å². The molecule has 1 spiro atoms. The first kappa shape index (κ1) is 20.1. The Hall–Kier alpha value is -2.20. The summed E-state index contributed by atoms with van der Waals surface area (Å²) >= 11 is 0. The average molecular weight is 406 g/mol. The second-order valence-corrected chi connectivity index (χ2v) is 8.08. The number of carbonyl (C=O) groups excluding carboxylic acids is 2. The van der Waals surface area contributed by atoms with E-state index in [2.05, 4.69) is 20.9 Å². The molecule has 0 radical (unpaired) electrons. The number of piperidine rings is 1. The highest BCUT2D eigenvalue weighted by molar-refractivity contribution is 5.78. The second kappa shape index (κ2) is 8.66. The Morgan fingerprint density at radius 3 is 2.86 bits per heavy atom. The quantitative estimate of drug-likeness (QED) is 0.750. The lowest BCUT2D eigenvalue weighted by Gasteiger charge is -2.44. The van der Waals surface area contributed by atoms with Gasteiger partial charge in [0.1, 0.15) is 11.3 Å². The molecule has 0 aliphatic carbocycles. The Labute approximate surface area is 170 Å². The molecule has 2 saturated heterocycles. The van der Waals surface area contributed by atoms with Gasteiger partial charge >= 0.3 is 6.03 Å². The molecule has 0 bridgehead atoms. The predicted molar refractivity (Wildman–Crippen MR) is 103 cm³/mol. The number of ether oxygens (including phenoxy) is 2. The molecule has 0 saturated carbocycles. The van der Waals surface area contributed by atoms with Crippen LogP contribution in [0.2, 0.25) is 0 Å². The predicted octanol–water partition coefficient (Wildman–Crippen LogP) is 0.415. The Morgan fingerprint density at radius 1 is 1.24 bits per heavy atom.